The highest BCUT2D eigenvalue weighted by Crippen LogP contribution is 2.14. The summed E-state index contributed by atoms with van der Waals surface area (Å²) in [4.78, 5) is 20.3. The fraction of sp³-hybridized carbons (Fsp3) is 0.643. The third-order valence-electron chi connectivity index (χ3n) is 2.55. The van der Waals surface area contributed by atoms with Gasteiger partial charge in [-0.2, -0.15) is 0 Å². The molecule has 1 amide bonds. The van der Waals surface area contributed by atoms with E-state index in [2.05, 4.69) is 34.4 Å². The molecule has 0 spiro atoms. The average Bonchev–Trinajstić information content (AvgIpc) is 2.27. The van der Waals surface area contributed by atoms with Gasteiger partial charge in [0.25, 0.3) is 0 Å². The molecule has 0 atom stereocenters. The Labute approximate surface area is 115 Å². The monoisotopic (exact) mass is 264 g/mol. The van der Waals surface area contributed by atoms with Crippen LogP contribution in [0.25, 0.3) is 0 Å². The summed E-state index contributed by atoms with van der Waals surface area (Å²) < 4.78 is 0. The molecule has 0 aromatic carbocycles. The number of hydrogen-bond donors (Lipinski definition) is 2. The summed E-state index contributed by atoms with van der Waals surface area (Å²) in [6.07, 6.45) is 0.423. The van der Waals surface area contributed by atoms with Crippen LogP contribution in [-0.2, 0) is 4.79 Å². The molecule has 0 saturated carbocycles. The van der Waals surface area contributed by atoms with E-state index in [1.54, 1.807) is 0 Å². The van der Waals surface area contributed by atoms with Crippen LogP contribution in [0.3, 0.4) is 0 Å². The Morgan fingerprint density at radius 3 is 2.53 bits per heavy atom. The molecule has 2 N–H and O–H groups in total. The molecule has 5 heteroatoms. The molecule has 0 fully saturated rings. The minimum atomic E-state index is 0.0410. The van der Waals surface area contributed by atoms with Gasteiger partial charge in [0.1, 0.15) is 0 Å². The van der Waals surface area contributed by atoms with Crippen molar-refractivity contribution in [2.75, 3.05) is 11.9 Å². The van der Waals surface area contributed by atoms with Crippen molar-refractivity contribution >= 4 is 11.9 Å². The summed E-state index contributed by atoms with van der Waals surface area (Å²) in [7, 11) is 0. The molecule has 0 bridgehead atoms. The molecule has 1 heterocycles. The highest BCUT2D eigenvalue weighted by Gasteiger charge is 2.07. The summed E-state index contributed by atoms with van der Waals surface area (Å²) in [5.41, 5.74) is 1.95. The second kappa shape index (κ2) is 7.07. The van der Waals surface area contributed by atoms with Gasteiger partial charge in [-0.3, -0.25) is 4.79 Å². The maximum atomic E-state index is 11.5. The van der Waals surface area contributed by atoms with Crippen LogP contribution >= 0.6 is 0 Å². The highest BCUT2D eigenvalue weighted by molar-refractivity contribution is 5.76. The predicted octanol–water partition coefficient (Wildman–Crippen LogP) is 2.24. The van der Waals surface area contributed by atoms with Gasteiger partial charge in [-0.25, -0.2) is 9.97 Å². The van der Waals surface area contributed by atoms with Crippen molar-refractivity contribution in [1.82, 2.24) is 15.3 Å². The van der Waals surface area contributed by atoms with Crippen molar-refractivity contribution in [2.45, 2.75) is 53.0 Å². The fourth-order valence-corrected chi connectivity index (χ4v) is 1.65. The van der Waals surface area contributed by atoms with Gasteiger partial charge >= 0.3 is 0 Å². The number of nitrogens with one attached hydrogen (secondary N) is 2. The lowest BCUT2D eigenvalue weighted by molar-refractivity contribution is -0.121. The van der Waals surface area contributed by atoms with Crippen molar-refractivity contribution < 1.29 is 4.79 Å². The number of anilines is 1. The number of carbonyl (C=O) groups is 1. The topological polar surface area (TPSA) is 66.9 Å². The van der Waals surface area contributed by atoms with Crippen molar-refractivity contribution in [3.63, 3.8) is 0 Å². The first-order chi connectivity index (χ1) is 8.88. The molecule has 0 radical (unpaired) electrons. The smallest absolute Gasteiger partial charge is 0.223 e. The lowest BCUT2D eigenvalue weighted by Crippen LogP contribution is -2.31. The molecule has 0 unspecified atom stereocenters. The SMILES string of the molecule is Cc1cc(C(C)C)nc(NCCC(=O)NC(C)C)n1. The molecule has 0 aliphatic carbocycles. The number of rotatable bonds is 6. The molecule has 0 aliphatic rings. The predicted molar refractivity (Wildman–Crippen MR) is 77.2 cm³/mol. The molecular weight excluding hydrogens is 240 g/mol. The van der Waals surface area contributed by atoms with Crippen molar-refractivity contribution in [2.24, 2.45) is 0 Å². The Kier molecular flexibility index (Phi) is 5.73. The highest BCUT2D eigenvalue weighted by atomic mass is 16.1. The zero-order chi connectivity index (χ0) is 14.4. The number of aromatic nitrogens is 2. The van der Waals surface area contributed by atoms with Gasteiger partial charge in [0.2, 0.25) is 11.9 Å². The normalized spacial score (nSPS) is 10.9. The van der Waals surface area contributed by atoms with Crippen LogP contribution in [-0.4, -0.2) is 28.5 Å². The van der Waals surface area contributed by atoms with Gasteiger partial charge in [-0.15, -0.1) is 0 Å². The minimum absolute atomic E-state index is 0.0410. The largest absolute Gasteiger partial charge is 0.354 e. The van der Waals surface area contributed by atoms with Gasteiger partial charge in [0.15, 0.2) is 0 Å². The van der Waals surface area contributed by atoms with E-state index in [1.165, 1.54) is 0 Å². The Hall–Kier alpha value is -1.65. The van der Waals surface area contributed by atoms with E-state index >= 15 is 0 Å². The molecule has 0 saturated heterocycles. The van der Waals surface area contributed by atoms with Crippen LogP contribution in [0.4, 0.5) is 5.95 Å². The van der Waals surface area contributed by atoms with Crippen LogP contribution in [0.15, 0.2) is 6.07 Å². The van der Waals surface area contributed by atoms with E-state index in [9.17, 15) is 4.79 Å². The minimum Gasteiger partial charge on any atom is -0.354 e. The molecular formula is C14H24N4O. The number of nitrogens with zero attached hydrogens (tertiary/aromatic N) is 2. The van der Waals surface area contributed by atoms with Crippen LogP contribution in [0.2, 0.25) is 0 Å². The van der Waals surface area contributed by atoms with E-state index in [0.717, 1.165) is 11.4 Å². The number of hydrogen-bond acceptors (Lipinski definition) is 4. The van der Waals surface area contributed by atoms with Crippen LogP contribution in [0.1, 0.15) is 51.4 Å². The molecule has 1 rings (SSSR count). The number of aryl methyl sites for hydroxylation is 1. The van der Waals surface area contributed by atoms with Gasteiger partial charge in [-0.05, 0) is 32.8 Å². The Balaban J connectivity index is 2.51. The lowest BCUT2D eigenvalue weighted by atomic mass is 10.1. The van der Waals surface area contributed by atoms with Gasteiger partial charge in [-0.1, -0.05) is 13.8 Å². The first-order valence-electron chi connectivity index (χ1n) is 6.77. The van der Waals surface area contributed by atoms with E-state index in [1.807, 2.05) is 26.8 Å². The van der Waals surface area contributed by atoms with Crippen molar-refractivity contribution in [1.29, 1.82) is 0 Å². The zero-order valence-corrected chi connectivity index (χ0v) is 12.4. The van der Waals surface area contributed by atoms with E-state index in [4.69, 9.17) is 0 Å². The summed E-state index contributed by atoms with van der Waals surface area (Å²) in [5, 5.41) is 5.95. The summed E-state index contributed by atoms with van der Waals surface area (Å²) in [5.74, 6) is 1.01. The molecule has 19 heavy (non-hydrogen) atoms. The quantitative estimate of drug-likeness (QED) is 0.827. The molecule has 5 nitrogen and oxygen atoms in total. The summed E-state index contributed by atoms with van der Waals surface area (Å²) in [6.45, 7) is 10.6. The number of carbonyl (C=O) groups excluding carboxylic acids is 1. The first kappa shape index (κ1) is 15.4. The van der Waals surface area contributed by atoms with Crippen LogP contribution in [0.5, 0.6) is 0 Å². The second-order valence-electron chi connectivity index (χ2n) is 5.31. The Bertz CT molecular complexity index is 429. The number of amides is 1. The Morgan fingerprint density at radius 1 is 1.26 bits per heavy atom. The fourth-order valence-electron chi connectivity index (χ4n) is 1.65. The summed E-state index contributed by atoms with van der Waals surface area (Å²) in [6, 6.07) is 2.16. The summed E-state index contributed by atoms with van der Waals surface area (Å²) >= 11 is 0. The molecule has 106 valence electrons. The molecule has 0 aliphatic heterocycles. The standard InChI is InChI=1S/C14H24N4O/c1-9(2)12-8-11(5)17-14(18-12)15-7-6-13(19)16-10(3)4/h8-10H,6-7H2,1-5H3,(H,16,19)(H,15,17,18). The maximum absolute atomic E-state index is 11.5. The third-order valence-corrected chi connectivity index (χ3v) is 2.55. The lowest BCUT2D eigenvalue weighted by Gasteiger charge is -2.11. The van der Waals surface area contributed by atoms with E-state index in [0.29, 0.717) is 24.8 Å². The third kappa shape index (κ3) is 5.68. The van der Waals surface area contributed by atoms with Crippen LogP contribution in [0, 0.1) is 6.92 Å². The maximum Gasteiger partial charge on any atom is 0.223 e. The van der Waals surface area contributed by atoms with Crippen molar-refractivity contribution in [3.05, 3.63) is 17.5 Å². The van der Waals surface area contributed by atoms with Crippen LogP contribution < -0.4 is 10.6 Å². The molecule has 1 aromatic heterocycles. The second-order valence-corrected chi connectivity index (χ2v) is 5.31. The molecule has 1 aromatic rings. The Morgan fingerprint density at radius 2 is 1.95 bits per heavy atom. The van der Waals surface area contributed by atoms with Gasteiger partial charge in [0.05, 0.1) is 0 Å². The van der Waals surface area contributed by atoms with Gasteiger partial charge in [0, 0.05) is 30.4 Å². The first-order valence-corrected chi connectivity index (χ1v) is 6.77. The van der Waals surface area contributed by atoms with Gasteiger partial charge < -0.3 is 10.6 Å². The van der Waals surface area contributed by atoms with Crippen molar-refractivity contribution in [3.8, 4) is 0 Å². The van der Waals surface area contributed by atoms with E-state index < -0.39 is 0 Å². The average molecular weight is 264 g/mol. The zero-order valence-electron chi connectivity index (χ0n) is 12.4. The van der Waals surface area contributed by atoms with E-state index in [-0.39, 0.29) is 11.9 Å².